The number of aliphatic hydroxyl groups excluding tert-OH is 1. The molecule has 0 spiro atoms. The van der Waals surface area contributed by atoms with Crippen molar-refractivity contribution in [3.05, 3.63) is 16.0 Å². The minimum absolute atomic E-state index is 0.333. The summed E-state index contributed by atoms with van der Waals surface area (Å²) in [5.74, 6) is 7.26. The topological polar surface area (TPSA) is 61.9 Å². The second-order valence-electron chi connectivity index (χ2n) is 6.97. The van der Waals surface area contributed by atoms with Crippen LogP contribution in [-0.2, 0) is 12.8 Å². The Kier molecular flexibility index (Phi) is 3.19. The fourth-order valence-electron chi connectivity index (χ4n) is 3.21. The first kappa shape index (κ1) is 14.0. The van der Waals surface area contributed by atoms with Gasteiger partial charge < -0.3 is 5.11 Å². The number of nitrogens with two attached hydrogens (primary N) is 1. The van der Waals surface area contributed by atoms with Crippen LogP contribution >= 0.6 is 11.3 Å². The van der Waals surface area contributed by atoms with Crippen LogP contribution in [0.2, 0.25) is 0 Å². The number of hydrogen-bond acceptors (Lipinski definition) is 5. The third-order valence-electron chi connectivity index (χ3n) is 4.67. The van der Waals surface area contributed by atoms with Crippen molar-refractivity contribution in [1.82, 2.24) is 5.01 Å². The van der Waals surface area contributed by atoms with Gasteiger partial charge in [0.25, 0.3) is 0 Å². The van der Waals surface area contributed by atoms with Crippen molar-refractivity contribution in [3.8, 4) is 0 Å². The number of hydrogen-bond donors (Lipinski definition) is 2. The maximum absolute atomic E-state index is 10.4. The number of nitrogens with zero attached hydrogens (tertiary/aromatic N) is 2. The molecular weight excluding hydrogens is 270 g/mol. The van der Waals surface area contributed by atoms with Crippen molar-refractivity contribution in [2.24, 2.45) is 22.2 Å². The summed E-state index contributed by atoms with van der Waals surface area (Å²) in [6.45, 7) is 8.78. The fourth-order valence-corrected chi connectivity index (χ4v) is 4.57. The maximum atomic E-state index is 10.4. The zero-order chi connectivity index (χ0) is 14.7. The largest absolute Gasteiger partial charge is 0.368 e. The molecule has 3 rings (SSSR count). The lowest BCUT2D eigenvalue weighted by atomic mass is 9.72. The Labute approximate surface area is 124 Å². The molecule has 1 aromatic rings. The molecule has 0 bridgehead atoms. The van der Waals surface area contributed by atoms with Gasteiger partial charge in [-0.15, -0.1) is 11.3 Å². The van der Waals surface area contributed by atoms with E-state index in [2.05, 4.69) is 25.8 Å². The highest BCUT2D eigenvalue weighted by molar-refractivity contribution is 7.16. The number of fused-ring (bicyclic) bond motifs is 3. The minimum atomic E-state index is -0.742. The third kappa shape index (κ3) is 2.08. The Balaban J connectivity index is 2.01. The number of hydrazine groups is 1. The zero-order valence-corrected chi connectivity index (χ0v) is 13.4. The van der Waals surface area contributed by atoms with Crippen molar-refractivity contribution in [2.75, 3.05) is 0 Å². The molecule has 1 aliphatic carbocycles. The molecule has 5 heteroatoms. The maximum Gasteiger partial charge on any atom is 0.171 e. The van der Waals surface area contributed by atoms with E-state index in [1.807, 2.05) is 6.92 Å². The van der Waals surface area contributed by atoms with Crippen LogP contribution in [0.25, 0.3) is 0 Å². The van der Waals surface area contributed by atoms with Gasteiger partial charge in [0, 0.05) is 10.4 Å². The van der Waals surface area contributed by atoms with Gasteiger partial charge in [-0.2, -0.15) is 0 Å². The van der Waals surface area contributed by atoms with E-state index in [1.165, 1.54) is 21.9 Å². The normalized spacial score (nSPS) is 26.1. The summed E-state index contributed by atoms with van der Waals surface area (Å²) in [5.41, 5.74) is 2.58. The number of aliphatic hydroxyl groups is 1. The minimum Gasteiger partial charge on any atom is -0.368 e. The van der Waals surface area contributed by atoms with Crippen LogP contribution in [0.1, 0.15) is 56.3 Å². The van der Waals surface area contributed by atoms with Crippen LogP contribution in [0.3, 0.4) is 0 Å². The highest BCUT2D eigenvalue weighted by Crippen LogP contribution is 2.48. The van der Waals surface area contributed by atoms with Crippen molar-refractivity contribution >= 4 is 22.2 Å². The van der Waals surface area contributed by atoms with E-state index in [-0.39, 0.29) is 0 Å². The molecule has 1 aromatic heterocycles. The van der Waals surface area contributed by atoms with Gasteiger partial charge in [-0.3, -0.25) is 5.01 Å². The first-order valence-electron chi connectivity index (χ1n) is 7.20. The van der Waals surface area contributed by atoms with Gasteiger partial charge in [-0.1, -0.05) is 20.8 Å². The van der Waals surface area contributed by atoms with Gasteiger partial charge in [0.2, 0.25) is 0 Å². The highest BCUT2D eigenvalue weighted by Gasteiger charge is 2.36. The molecule has 0 aromatic carbocycles. The molecule has 110 valence electrons. The monoisotopic (exact) mass is 293 g/mol. The lowest BCUT2D eigenvalue weighted by Crippen LogP contribution is -2.41. The van der Waals surface area contributed by atoms with Crippen LogP contribution in [-0.4, -0.2) is 16.0 Å². The summed E-state index contributed by atoms with van der Waals surface area (Å²) in [6, 6.07) is 0. The summed E-state index contributed by atoms with van der Waals surface area (Å²) in [6.07, 6.45) is 2.57. The molecule has 1 aliphatic heterocycles. The predicted molar refractivity (Wildman–Crippen MR) is 83.0 cm³/mol. The molecule has 3 N–H and O–H groups in total. The van der Waals surface area contributed by atoms with Gasteiger partial charge in [0.05, 0.1) is 0 Å². The number of amidine groups is 1. The predicted octanol–water partition coefficient (Wildman–Crippen LogP) is 3.13. The molecule has 2 aliphatic rings. The molecular formula is C15H23N3OS. The second-order valence-corrected chi connectivity index (χ2v) is 8.05. The van der Waals surface area contributed by atoms with E-state index in [0.29, 0.717) is 17.2 Å². The Morgan fingerprint density at radius 2 is 2.10 bits per heavy atom. The number of thiophene rings is 1. The number of aliphatic imine (C=N–C) groups is 1. The molecule has 20 heavy (non-hydrogen) atoms. The Hall–Kier alpha value is -0.910. The molecule has 0 fully saturated rings. The Morgan fingerprint density at radius 1 is 1.40 bits per heavy atom. The van der Waals surface area contributed by atoms with Crippen LogP contribution in [0.5, 0.6) is 0 Å². The Bertz CT molecular complexity index is 570. The van der Waals surface area contributed by atoms with Crippen molar-refractivity contribution in [3.63, 3.8) is 0 Å². The highest BCUT2D eigenvalue weighted by atomic mass is 32.1. The van der Waals surface area contributed by atoms with E-state index in [9.17, 15) is 5.11 Å². The first-order chi connectivity index (χ1) is 9.29. The molecule has 0 amide bonds. The smallest absolute Gasteiger partial charge is 0.171 e. The van der Waals surface area contributed by atoms with E-state index in [1.54, 1.807) is 11.3 Å². The summed E-state index contributed by atoms with van der Waals surface area (Å²) in [5, 5.41) is 12.7. The lowest BCUT2D eigenvalue weighted by Gasteiger charge is -2.34. The first-order valence-corrected chi connectivity index (χ1v) is 8.02. The summed E-state index contributed by atoms with van der Waals surface area (Å²) < 4.78 is 0. The molecule has 0 saturated heterocycles. The molecule has 0 radical (unpaired) electrons. The second kappa shape index (κ2) is 4.55. The van der Waals surface area contributed by atoms with Crippen LogP contribution in [0.4, 0.5) is 5.00 Å². The van der Waals surface area contributed by atoms with Gasteiger partial charge in [0.1, 0.15) is 10.8 Å². The van der Waals surface area contributed by atoms with E-state index >= 15 is 0 Å². The standard InChI is InChI=1S/C15H23N3OS/c1-8-17-13-12(14(19)18(8)16)10-6-5-9(15(2,3)4)7-11(10)20-13/h9,14,19H,5-7,16H2,1-4H3/t9-,14+/m1/s1. The van der Waals surface area contributed by atoms with Crippen LogP contribution in [0, 0.1) is 11.3 Å². The summed E-state index contributed by atoms with van der Waals surface area (Å²) in [7, 11) is 0. The molecule has 0 saturated carbocycles. The molecule has 0 unspecified atom stereocenters. The fraction of sp³-hybridized carbons (Fsp3) is 0.667. The molecule has 2 atom stereocenters. The van der Waals surface area contributed by atoms with Gasteiger partial charge >= 0.3 is 0 Å². The summed E-state index contributed by atoms with van der Waals surface area (Å²) >= 11 is 1.74. The van der Waals surface area contributed by atoms with Crippen molar-refractivity contribution in [1.29, 1.82) is 0 Å². The average Bonchev–Trinajstić information content (AvgIpc) is 2.71. The lowest BCUT2D eigenvalue weighted by molar-refractivity contribution is 0.0492. The van der Waals surface area contributed by atoms with Gasteiger partial charge in [-0.25, -0.2) is 10.8 Å². The Morgan fingerprint density at radius 3 is 2.75 bits per heavy atom. The SMILES string of the molecule is CC1=Nc2sc3c(c2[C@H](O)N1N)CC[C@@H](C(C)(C)C)C3. The van der Waals surface area contributed by atoms with Gasteiger partial charge in [-0.05, 0) is 43.1 Å². The quantitative estimate of drug-likeness (QED) is 0.722. The average molecular weight is 293 g/mol. The van der Waals surface area contributed by atoms with Crippen molar-refractivity contribution in [2.45, 2.75) is 53.2 Å². The van der Waals surface area contributed by atoms with E-state index < -0.39 is 6.23 Å². The third-order valence-corrected chi connectivity index (χ3v) is 5.83. The van der Waals surface area contributed by atoms with E-state index in [0.717, 1.165) is 23.4 Å². The molecule has 4 nitrogen and oxygen atoms in total. The zero-order valence-electron chi connectivity index (χ0n) is 12.6. The van der Waals surface area contributed by atoms with Crippen LogP contribution < -0.4 is 5.84 Å². The van der Waals surface area contributed by atoms with Gasteiger partial charge in [0.15, 0.2) is 6.23 Å². The van der Waals surface area contributed by atoms with Crippen molar-refractivity contribution < 1.29 is 5.11 Å². The van der Waals surface area contributed by atoms with Crippen LogP contribution in [0.15, 0.2) is 4.99 Å². The number of rotatable bonds is 0. The van der Waals surface area contributed by atoms with E-state index in [4.69, 9.17) is 5.84 Å². The summed E-state index contributed by atoms with van der Waals surface area (Å²) in [4.78, 5) is 5.94. The molecule has 2 heterocycles.